The van der Waals surface area contributed by atoms with E-state index in [0.29, 0.717) is 38.0 Å². The summed E-state index contributed by atoms with van der Waals surface area (Å²) in [5, 5.41) is 30.3. The number of benzene rings is 4. The first-order valence-electron chi connectivity index (χ1n) is 14.2. The molecule has 0 aliphatic rings. The van der Waals surface area contributed by atoms with E-state index in [2.05, 4.69) is 22.0 Å². The molecule has 0 fully saturated rings. The molecule has 0 aliphatic heterocycles. The Bertz CT molecular complexity index is 1990. The number of nitrogens with zero attached hydrogens (tertiary/aromatic N) is 1. The first-order valence-corrected chi connectivity index (χ1v) is 16.1. The van der Waals surface area contributed by atoms with Crippen LogP contribution in [0, 0.1) is 11.3 Å². The van der Waals surface area contributed by atoms with E-state index >= 15 is 0 Å². The number of carbonyl (C=O) groups is 3. The summed E-state index contributed by atoms with van der Waals surface area (Å²) in [5.41, 5.74) is 3.28. The van der Waals surface area contributed by atoms with Crippen molar-refractivity contribution in [2.75, 3.05) is 23.5 Å². The predicted octanol–water partition coefficient (Wildman–Crippen LogP) is 7.14. The van der Waals surface area contributed by atoms with E-state index in [1.54, 1.807) is 54.6 Å². The maximum atomic E-state index is 13.5. The molecule has 0 unspecified atom stereocenters. The van der Waals surface area contributed by atoms with Gasteiger partial charge in [0, 0.05) is 38.7 Å². The zero-order chi connectivity index (χ0) is 33.2. The van der Waals surface area contributed by atoms with Crippen molar-refractivity contribution >= 4 is 57.6 Å². The minimum atomic E-state index is -0.597. The van der Waals surface area contributed by atoms with Crippen LogP contribution in [0.15, 0.2) is 119 Å². The Balaban J connectivity index is 1.28. The highest BCUT2D eigenvalue weighted by atomic mass is 32.2. The number of carbonyl (C=O) groups excluding carboxylic acids is 3. The Morgan fingerprint density at radius 3 is 2.40 bits per heavy atom. The number of hydrogen-bond acceptors (Lipinski definition) is 8. The van der Waals surface area contributed by atoms with Crippen molar-refractivity contribution in [1.29, 1.82) is 5.26 Å². The minimum Gasteiger partial charge on any atom is -0.508 e. The molecule has 0 bridgehead atoms. The molecule has 0 spiro atoms. The fourth-order valence-electron chi connectivity index (χ4n) is 4.48. The van der Waals surface area contributed by atoms with Crippen molar-refractivity contribution in [1.82, 2.24) is 5.32 Å². The number of ether oxygens (including phenoxy) is 1. The normalized spacial score (nSPS) is 10.9. The summed E-state index contributed by atoms with van der Waals surface area (Å²) in [5.74, 6) is -0.999. The molecular formula is C36H28N4O5S2. The van der Waals surface area contributed by atoms with E-state index in [-0.39, 0.29) is 23.1 Å². The SMILES string of the molecule is COc1cc(O)ccc1/C=C(/NC(=O)c1ccccc1)C(=O)Nc1cccc(SCC(=O)Nc2scc(-c3ccccc3)c2C#N)c1. The molecule has 0 saturated carbocycles. The highest BCUT2D eigenvalue weighted by molar-refractivity contribution is 8.00. The number of hydrogen-bond donors (Lipinski definition) is 4. The quantitative estimate of drug-likeness (QED) is 0.0872. The van der Waals surface area contributed by atoms with Gasteiger partial charge in [0.1, 0.15) is 28.3 Å². The molecule has 3 amide bonds. The Hall–Kier alpha value is -5.83. The summed E-state index contributed by atoms with van der Waals surface area (Å²) < 4.78 is 5.35. The van der Waals surface area contributed by atoms with Gasteiger partial charge in [-0.25, -0.2) is 0 Å². The van der Waals surface area contributed by atoms with Gasteiger partial charge in [0.15, 0.2) is 0 Å². The number of aromatic hydroxyl groups is 1. The van der Waals surface area contributed by atoms with Gasteiger partial charge in [-0.2, -0.15) is 5.26 Å². The maximum Gasteiger partial charge on any atom is 0.272 e. The standard InChI is InChI=1S/C36H28N4O5S2/c1-45-32-19-27(41)16-15-25(32)17-31(39-34(43)24-11-6-3-7-12-24)35(44)38-26-13-8-14-28(18-26)46-22-33(42)40-36-29(20-37)30(21-47-36)23-9-4-2-5-10-23/h2-19,21,41H,22H2,1H3,(H,38,44)(H,39,43)(H,40,42)/b31-17+. The van der Waals surface area contributed by atoms with Crippen LogP contribution >= 0.6 is 23.1 Å². The van der Waals surface area contributed by atoms with E-state index in [4.69, 9.17) is 4.74 Å². The number of rotatable bonds is 11. The first-order chi connectivity index (χ1) is 22.8. The molecule has 9 nitrogen and oxygen atoms in total. The molecule has 0 atom stereocenters. The van der Waals surface area contributed by atoms with E-state index in [1.165, 1.54) is 48.4 Å². The van der Waals surface area contributed by atoms with Crippen LogP contribution < -0.4 is 20.7 Å². The molecule has 11 heteroatoms. The molecule has 4 N–H and O–H groups in total. The zero-order valence-corrected chi connectivity index (χ0v) is 26.7. The lowest BCUT2D eigenvalue weighted by molar-refractivity contribution is -0.114. The first kappa shape index (κ1) is 32.6. The molecule has 5 aromatic rings. The van der Waals surface area contributed by atoms with Crippen molar-refractivity contribution in [2.24, 2.45) is 0 Å². The van der Waals surface area contributed by atoms with Crippen LogP contribution in [0.1, 0.15) is 21.5 Å². The van der Waals surface area contributed by atoms with Crippen molar-refractivity contribution in [3.8, 4) is 28.7 Å². The Morgan fingerprint density at radius 2 is 1.68 bits per heavy atom. The van der Waals surface area contributed by atoms with Gasteiger partial charge in [0.25, 0.3) is 11.8 Å². The van der Waals surface area contributed by atoms with E-state index < -0.39 is 11.8 Å². The number of amides is 3. The predicted molar refractivity (Wildman–Crippen MR) is 185 cm³/mol. The van der Waals surface area contributed by atoms with Gasteiger partial charge in [-0.1, -0.05) is 54.6 Å². The Morgan fingerprint density at radius 1 is 0.936 bits per heavy atom. The van der Waals surface area contributed by atoms with Gasteiger partial charge in [0.05, 0.1) is 18.4 Å². The van der Waals surface area contributed by atoms with Gasteiger partial charge in [-0.15, -0.1) is 23.1 Å². The third-order valence-electron chi connectivity index (χ3n) is 6.75. The Kier molecular flexibility index (Phi) is 10.7. The molecule has 0 saturated heterocycles. The number of thioether (sulfide) groups is 1. The molecule has 4 aromatic carbocycles. The van der Waals surface area contributed by atoms with Crippen LogP contribution in [-0.4, -0.2) is 35.7 Å². The molecule has 47 heavy (non-hydrogen) atoms. The molecule has 1 aromatic heterocycles. The molecule has 0 aliphatic carbocycles. The van der Waals surface area contributed by atoms with Crippen LogP contribution in [0.25, 0.3) is 17.2 Å². The molecular weight excluding hydrogens is 633 g/mol. The van der Waals surface area contributed by atoms with E-state index in [1.807, 2.05) is 41.8 Å². The van der Waals surface area contributed by atoms with Crippen LogP contribution in [-0.2, 0) is 9.59 Å². The van der Waals surface area contributed by atoms with Crippen LogP contribution in [0.4, 0.5) is 10.7 Å². The fourth-order valence-corrected chi connectivity index (χ4v) is 6.17. The smallest absolute Gasteiger partial charge is 0.272 e. The maximum absolute atomic E-state index is 13.5. The second kappa shape index (κ2) is 15.4. The third kappa shape index (κ3) is 8.46. The second-order valence-corrected chi connectivity index (χ2v) is 11.9. The van der Waals surface area contributed by atoms with Crippen molar-refractivity contribution in [3.05, 3.63) is 131 Å². The number of nitriles is 1. The lowest BCUT2D eigenvalue weighted by Gasteiger charge is -2.13. The average molecular weight is 661 g/mol. The van der Waals surface area contributed by atoms with Gasteiger partial charge in [-0.3, -0.25) is 14.4 Å². The minimum absolute atomic E-state index is 0.0147. The Labute approximate surface area is 279 Å². The third-order valence-corrected chi connectivity index (χ3v) is 8.64. The van der Waals surface area contributed by atoms with Crippen LogP contribution in [0.5, 0.6) is 11.5 Å². The lowest BCUT2D eigenvalue weighted by atomic mass is 10.1. The van der Waals surface area contributed by atoms with Crippen molar-refractivity contribution in [2.45, 2.75) is 4.90 Å². The summed E-state index contributed by atoms with van der Waals surface area (Å²) in [7, 11) is 1.43. The summed E-state index contributed by atoms with van der Waals surface area (Å²) in [4.78, 5) is 40.1. The van der Waals surface area contributed by atoms with Crippen LogP contribution in [0.3, 0.4) is 0 Å². The molecule has 1 heterocycles. The average Bonchev–Trinajstić information content (AvgIpc) is 3.50. The number of methoxy groups -OCH3 is 1. The molecule has 5 rings (SSSR count). The van der Waals surface area contributed by atoms with Crippen molar-refractivity contribution < 1.29 is 24.2 Å². The van der Waals surface area contributed by atoms with Gasteiger partial charge < -0.3 is 25.8 Å². The number of nitrogens with one attached hydrogen (secondary N) is 3. The van der Waals surface area contributed by atoms with Gasteiger partial charge >= 0.3 is 0 Å². The number of phenols is 1. The van der Waals surface area contributed by atoms with E-state index in [0.717, 1.165) is 11.1 Å². The lowest BCUT2D eigenvalue weighted by Crippen LogP contribution is -2.30. The zero-order valence-electron chi connectivity index (χ0n) is 25.0. The van der Waals surface area contributed by atoms with Gasteiger partial charge in [-0.05, 0) is 54.1 Å². The number of phenolic OH excluding ortho intramolecular Hbond substituents is 1. The van der Waals surface area contributed by atoms with Crippen molar-refractivity contribution in [3.63, 3.8) is 0 Å². The molecule has 0 radical (unpaired) electrons. The van der Waals surface area contributed by atoms with Gasteiger partial charge in [0.2, 0.25) is 5.91 Å². The fraction of sp³-hybridized carbons (Fsp3) is 0.0556. The van der Waals surface area contributed by atoms with E-state index in [9.17, 15) is 24.8 Å². The summed E-state index contributed by atoms with van der Waals surface area (Å²) in [6.45, 7) is 0. The highest BCUT2D eigenvalue weighted by Gasteiger charge is 2.18. The van der Waals surface area contributed by atoms with Crippen LogP contribution in [0.2, 0.25) is 0 Å². The molecule has 234 valence electrons. The topological polar surface area (TPSA) is 141 Å². The summed E-state index contributed by atoms with van der Waals surface area (Å²) in [6.07, 6.45) is 1.46. The highest BCUT2D eigenvalue weighted by Crippen LogP contribution is 2.35. The largest absolute Gasteiger partial charge is 0.508 e. The monoisotopic (exact) mass is 660 g/mol. The summed E-state index contributed by atoms with van der Waals surface area (Å²) in [6, 6.07) is 31.6. The number of thiophene rings is 1. The summed E-state index contributed by atoms with van der Waals surface area (Å²) >= 11 is 2.56. The number of anilines is 2. The second-order valence-electron chi connectivity index (χ2n) is 9.95.